The van der Waals surface area contributed by atoms with Gasteiger partial charge in [0.1, 0.15) is 11.5 Å². The van der Waals surface area contributed by atoms with Crippen LogP contribution in [-0.4, -0.2) is 14.2 Å². The summed E-state index contributed by atoms with van der Waals surface area (Å²) in [4.78, 5) is 0. The monoisotopic (exact) mass is 341 g/mol. The Labute approximate surface area is 153 Å². The molecule has 1 aromatic carbocycles. The lowest BCUT2D eigenvalue weighted by atomic mass is 9.43. The predicted molar refractivity (Wildman–Crippen MR) is 102 cm³/mol. The van der Waals surface area contributed by atoms with Crippen LogP contribution in [-0.2, 0) is 11.8 Å². The first-order chi connectivity index (χ1) is 11.8. The predicted octanol–water partition coefficient (Wildman–Crippen LogP) is 5.57. The molecule has 25 heavy (non-hydrogen) atoms. The zero-order chi connectivity index (χ0) is 18.0. The number of rotatable bonds is 2. The molecule has 0 heterocycles. The molecule has 137 valence electrons. The van der Waals surface area contributed by atoms with E-state index in [1.165, 1.54) is 43.2 Å². The summed E-state index contributed by atoms with van der Waals surface area (Å²) in [6, 6.07) is 4.35. The van der Waals surface area contributed by atoms with Crippen LogP contribution in [0.3, 0.4) is 0 Å². The van der Waals surface area contributed by atoms with E-state index < -0.39 is 0 Å². The van der Waals surface area contributed by atoms with Gasteiger partial charge in [-0.1, -0.05) is 27.7 Å². The summed E-state index contributed by atoms with van der Waals surface area (Å²) in [5, 5.41) is 0. The second-order valence-electron chi connectivity index (χ2n) is 9.70. The first kappa shape index (κ1) is 17.2. The van der Waals surface area contributed by atoms with Gasteiger partial charge >= 0.3 is 0 Å². The smallest absolute Gasteiger partial charge is 0.126 e. The van der Waals surface area contributed by atoms with Gasteiger partial charge in [-0.2, -0.15) is 0 Å². The van der Waals surface area contributed by atoms with Gasteiger partial charge in [0.2, 0.25) is 0 Å². The summed E-state index contributed by atoms with van der Waals surface area (Å²) in [6.07, 6.45) is 8.93. The van der Waals surface area contributed by atoms with Crippen molar-refractivity contribution in [1.82, 2.24) is 0 Å². The van der Waals surface area contributed by atoms with Gasteiger partial charge in [0, 0.05) is 17.0 Å². The van der Waals surface area contributed by atoms with E-state index in [4.69, 9.17) is 9.47 Å². The largest absolute Gasteiger partial charge is 0.497 e. The second-order valence-corrected chi connectivity index (χ2v) is 9.70. The van der Waals surface area contributed by atoms with Crippen molar-refractivity contribution in [3.8, 4) is 11.5 Å². The van der Waals surface area contributed by atoms with E-state index >= 15 is 0 Å². The number of fused-ring (bicyclic) bond motifs is 5. The molecule has 2 saturated carbocycles. The molecule has 1 aromatic rings. The SMILES string of the molecule is COc1cc2c(c(OC)c1)[C@]1(C)CC[C@@H]3C(C)(C)[CH]CC[C@@]3(C)[C@H]1C2. The van der Waals surface area contributed by atoms with Crippen molar-refractivity contribution in [3.05, 3.63) is 29.7 Å². The van der Waals surface area contributed by atoms with E-state index in [0.29, 0.717) is 16.7 Å². The summed E-state index contributed by atoms with van der Waals surface area (Å²) in [7, 11) is 3.56. The van der Waals surface area contributed by atoms with Crippen molar-refractivity contribution in [2.75, 3.05) is 14.2 Å². The molecule has 4 rings (SSSR count). The molecule has 2 fully saturated rings. The Morgan fingerprint density at radius 1 is 0.960 bits per heavy atom. The lowest BCUT2D eigenvalue weighted by Crippen LogP contribution is -2.55. The normalized spacial score (nSPS) is 38.5. The Balaban J connectivity index is 1.83. The first-order valence-electron chi connectivity index (χ1n) is 9.86. The fraction of sp³-hybridized carbons (Fsp3) is 0.696. The van der Waals surface area contributed by atoms with Crippen molar-refractivity contribution >= 4 is 0 Å². The van der Waals surface area contributed by atoms with E-state index in [1.54, 1.807) is 14.2 Å². The van der Waals surface area contributed by atoms with Crippen LogP contribution in [0, 0.1) is 29.1 Å². The fourth-order valence-corrected chi connectivity index (χ4v) is 7.10. The van der Waals surface area contributed by atoms with Crippen LogP contribution in [0.5, 0.6) is 11.5 Å². The summed E-state index contributed by atoms with van der Waals surface area (Å²) in [6.45, 7) is 10.0. The summed E-state index contributed by atoms with van der Waals surface area (Å²) in [5.74, 6) is 3.44. The lowest BCUT2D eigenvalue weighted by Gasteiger charge is -2.61. The van der Waals surface area contributed by atoms with E-state index in [2.05, 4.69) is 46.2 Å². The summed E-state index contributed by atoms with van der Waals surface area (Å²) in [5.41, 5.74) is 3.91. The fourth-order valence-electron chi connectivity index (χ4n) is 7.10. The second kappa shape index (κ2) is 5.41. The molecule has 0 amide bonds. The van der Waals surface area contributed by atoms with Crippen LogP contribution in [0.1, 0.15) is 64.5 Å². The Morgan fingerprint density at radius 2 is 1.72 bits per heavy atom. The third-order valence-corrected chi connectivity index (χ3v) is 8.17. The van der Waals surface area contributed by atoms with Crippen LogP contribution in [0.25, 0.3) is 0 Å². The molecule has 4 atom stereocenters. The maximum absolute atomic E-state index is 5.84. The highest BCUT2D eigenvalue weighted by Gasteiger charge is 2.61. The molecule has 0 saturated heterocycles. The summed E-state index contributed by atoms with van der Waals surface area (Å²) >= 11 is 0. The number of ether oxygens (including phenoxy) is 2. The number of hydrogen-bond donors (Lipinski definition) is 0. The van der Waals surface area contributed by atoms with Crippen molar-refractivity contribution in [3.63, 3.8) is 0 Å². The molecule has 0 N–H and O–H groups in total. The van der Waals surface area contributed by atoms with Gasteiger partial charge in [0.25, 0.3) is 0 Å². The van der Waals surface area contributed by atoms with Crippen LogP contribution < -0.4 is 9.47 Å². The highest BCUT2D eigenvalue weighted by atomic mass is 16.5. The molecule has 2 nitrogen and oxygen atoms in total. The van der Waals surface area contributed by atoms with Gasteiger partial charge in [0.05, 0.1) is 14.2 Å². The maximum atomic E-state index is 5.84. The van der Waals surface area contributed by atoms with Gasteiger partial charge in [-0.25, -0.2) is 0 Å². The molecule has 0 aliphatic heterocycles. The summed E-state index contributed by atoms with van der Waals surface area (Å²) < 4.78 is 11.4. The standard InChI is InChI=1S/C23H33O2/c1-21(2)9-7-10-22(3)18(21)8-11-23(4)19(22)13-15-12-16(24-5)14-17(25-6)20(15)23/h9,12,14,18-19H,7-8,10-11,13H2,1-6H3/t18-,19-,22-,23-/m1/s1. The third kappa shape index (κ3) is 2.22. The number of benzene rings is 1. The highest BCUT2D eigenvalue weighted by molar-refractivity contribution is 5.55. The zero-order valence-corrected chi connectivity index (χ0v) is 16.7. The average molecular weight is 342 g/mol. The minimum Gasteiger partial charge on any atom is -0.497 e. The molecule has 0 aromatic heterocycles. The molecule has 0 unspecified atom stereocenters. The van der Waals surface area contributed by atoms with E-state index in [0.717, 1.165) is 17.4 Å². The van der Waals surface area contributed by atoms with Crippen LogP contribution in [0.4, 0.5) is 0 Å². The molecular weight excluding hydrogens is 308 g/mol. The first-order valence-corrected chi connectivity index (χ1v) is 9.86. The van der Waals surface area contributed by atoms with E-state index in [9.17, 15) is 0 Å². The Morgan fingerprint density at radius 3 is 2.40 bits per heavy atom. The maximum Gasteiger partial charge on any atom is 0.126 e. The minimum atomic E-state index is 0.228. The van der Waals surface area contributed by atoms with E-state index in [-0.39, 0.29) is 5.41 Å². The van der Waals surface area contributed by atoms with Crippen molar-refractivity contribution in [2.45, 2.75) is 65.2 Å². The molecule has 1 radical (unpaired) electrons. The zero-order valence-electron chi connectivity index (χ0n) is 16.7. The van der Waals surface area contributed by atoms with Crippen LogP contribution >= 0.6 is 0 Å². The van der Waals surface area contributed by atoms with Crippen LogP contribution in [0.15, 0.2) is 12.1 Å². The quantitative estimate of drug-likeness (QED) is 0.699. The van der Waals surface area contributed by atoms with Gasteiger partial charge in [-0.15, -0.1) is 0 Å². The number of methoxy groups -OCH3 is 2. The van der Waals surface area contributed by atoms with Crippen LogP contribution in [0.2, 0.25) is 0 Å². The highest BCUT2D eigenvalue weighted by Crippen LogP contribution is 2.68. The van der Waals surface area contributed by atoms with Gasteiger partial charge < -0.3 is 9.47 Å². The molecule has 2 heteroatoms. The molecule has 0 bridgehead atoms. The van der Waals surface area contributed by atoms with Crippen molar-refractivity contribution in [1.29, 1.82) is 0 Å². The van der Waals surface area contributed by atoms with Gasteiger partial charge in [0.15, 0.2) is 0 Å². The minimum absolute atomic E-state index is 0.228. The molecule has 0 spiro atoms. The Hall–Kier alpha value is -1.18. The molecule has 3 aliphatic rings. The topological polar surface area (TPSA) is 18.5 Å². The van der Waals surface area contributed by atoms with Crippen molar-refractivity contribution in [2.24, 2.45) is 22.7 Å². The third-order valence-electron chi connectivity index (χ3n) is 8.17. The lowest BCUT2D eigenvalue weighted by molar-refractivity contribution is -0.0783. The Kier molecular flexibility index (Phi) is 3.73. The number of hydrogen-bond acceptors (Lipinski definition) is 2. The molecular formula is C23H33O2. The van der Waals surface area contributed by atoms with E-state index in [1.807, 2.05) is 0 Å². The average Bonchev–Trinajstić information content (AvgIpc) is 2.87. The van der Waals surface area contributed by atoms with Gasteiger partial charge in [-0.3, -0.25) is 0 Å². The Bertz CT molecular complexity index is 692. The van der Waals surface area contributed by atoms with Crippen molar-refractivity contribution < 1.29 is 9.47 Å². The van der Waals surface area contributed by atoms with Gasteiger partial charge in [-0.05, 0) is 72.8 Å². The molecule has 3 aliphatic carbocycles.